The Kier molecular flexibility index (Phi) is 10.6. The van der Waals surface area contributed by atoms with E-state index in [-0.39, 0.29) is 34.4 Å². The third-order valence-corrected chi connectivity index (χ3v) is 12.4. The molecule has 17 heteroatoms. The molecule has 0 radical (unpaired) electrons. The summed E-state index contributed by atoms with van der Waals surface area (Å²) in [6.07, 6.45) is -3.72. The van der Waals surface area contributed by atoms with E-state index in [1.165, 1.54) is 27.2 Å². The van der Waals surface area contributed by atoms with E-state index in [2.05, 4.69) is 5.32 Å². The standard InChI is InChI=1S/C41H46N2O15/c1-17-12-19-13-24(45)40(3)37(51)28-21(36(50)41(40,53)29(19)34(26(17)39(52)56-6)57-16-25(46)43-10-8-7-9-11-43)14-20-27(31(28)48)23(44)15-22(30(20)47)42-38-35(55-5)32(49)33(54-4)18(2)58-38/h12,14-15,18,24,32-33,35,38,42,45,48-49,53H,7-11,13,16H2,1-6H3/t18-,24+,32+,33-,35+,38-,40-,41-/m0/s1. The van der Waals surface area contributed by atoms with Gasteiger partial charge in [-0.1, -0.05) is 6.07 Å². The molecule has 5 aliphatic rings. The molecular formula is C41H46N2O15. The normalized spacial score (nSPS) is 30.4. The quantitative estimate of drug-likeness (QED) is 0.234. The number of methoxy groups -OCH3 is 3. The number of esters is 1. The number of phenols is 1. The summed E-state index contributed by atoms with van der Waals surface area (Å²) in [6, 6.07) is 2.36. The van der Waals surface area contributed by atoms with E-state index in [0.29, 0.717) is 13.1 Å². The van der Waals surface area contributed by atoms with Crippen LogP contribution in [0.4, 0.5) is 0 Å². The summed E-state index contributed by atoms with van der Waals surface area (Å²) in [5.74, 6) is -7.05. The number of allylic oxidation sites excluding steroid dienone is 2. The van der Waals surface area contributed by atoms with Crippen molar-refractivity contribution in [3.05, 3.63) is 68.4 Å². The number of hydrogen-bond donors (Lipinski definition) is 5. The van der Waals surface area contributed by atoms with Gasteiger partial charge in [-0.05, 0) is 57.2 Å². The zero-order valence-electron chi connectivity index (χ0n) is 32.9. The number of nitrogens with zero attached hydrogens (tertiary/aromatic N) is 1. The highest BCUT2D eigenvalue weighted by atomic mass is 16.6. The molecule has 5 N–H and O–H groups in total. The summed E-state index contributed by atoms with van der Waals surface area (Å²) in [4.78, 5) is 86.0. The van der Waals surface area contributed by atoms with E-state index >= 15 is 4.79 Å². The summed E-state index contributed by atoms with van der Waals surface area (Å²) in [5.41, 5.74) is -8.55. The number of aromatic hydroxyl groups is 1. The first-order valence-electron chi connectivity index (χ1n) is 19.0. The van der Waals surface area contributed by atoms with Crippen molar-refractivity contribution < 1.29 is 72.9 Å². The van der Waals surface area contributed by atoms with Gasteiger partial charge in [0.2, 0.25) is 11.6 Å². The second kappa shape index (κ2) is 15.0. The monoisotopic (exact) mass is 806 g/mol. The lowest BCUT2D eigenvalue weighted by Crippen LogP contribution is -2.65. The number of fused-ring (bicyclic) bond motifs is 5. The molecule has 3 aliphatic carbocycles. The van der Waals surface area contributed by atoms with E-state index < -0.39 is 123 Å². The molecule has 0 saturated carbocycles. The van der Waals surface area contributed by atoms with Crippen molar-refractivity contribution >= 4 is 35.0 Å². The number of likely N-dealkylation sites (tertiary alicyclic amines) is 1. The molecule has 310 valence electrons. The number of phenolic OH excluding ortho intramolecular Hbond substituents is 1. The van der Waals surface area contributed by atoms with Gasteiger partial charge in [0.15, 0.2) is 30.0 Å². The van der Waals surface area contributed by atoms with Crippen molar-refractivity contribution in [3.63, 3.8) is 0 Å². The van der Waals surface area contributed by atoms with Crippen LogP contribution in [0.2, 0.25) is 0 Å². The molecular weight excluding hydrogens is 760 g/mol. The molecule has 17 nitrogen and oxygen atoms in total. The third kappa shape index (κ3) is 5.89. The predicted octanol–water partition coefficient (Wildman–Crippen LogP) is 1.06. The van der Waals surface area contributed by atoms with E-state index in [9.17, 15) is 44.4 Å². The van der Waals surface area contributed by atoms with Crippen LogP contribution in [-0.4, -0.2) is 138 Å². The second-order valence-corrected chi connectivity index (χ2v) is 15.6. The van der Waals surface area contributed by atoms with Gasteiger partial charge < -0.3 is 54.3 Å². The van der Waals surface area contributed by atoms with Gasteiger partial charge in [-0.3, -0.25) is 24.0 Å². The van der Waals surface area contributed by atoms with Crippen molar-refractivity contribution in [1.29, 1.82) is 0 Å². The average molecular weight is 807 g/mol. The van der Waals surface area contributed by atoms with E-state index in [4.69, 9.17) is 23.7 Å². The van der Waals surface area contributed by atoms with Crippen LogP contribution in [0.5, 0.6) is 11.5 Å². The second-order valence-electron chi connectivity index (χ2n) is 15.6. The van der Waals surface area contributed by atoms with Gasteiger partial charge in [0.25, 0.3) is 5.91 Å². The number of ether oxygens (including phenoxy) is 5. The van der Waals surface area contributed by atoms with Crippen LogP contribution in [0.15, 0.2) is 23.9 Å². The number of rotatable bonds is 8. The Hall–Kier alpha value is -5.04. The molecule has 0 bridgehead atoms. The van der Waals surface area contributed by atoms with Gasteiger partial charge in [-0.2, -0.15) is 0 Å². The number of aliphatic hydroxyl groups is 3. The Morgan fingerprint density at radius 2 is 1.64 bits per heavy atom. The molecule has 2 saturated heterocycles. The largest absolute Gasteiger partial charge is 0.506 e. The maximum absolute atomic E-state index is 15.1. The summed E-state index contributed by atoms with van der Waals surface area (Å²) < 4.78 is 27.8. The SMILES string of the molecule is COC(=O)c1c(C)cc2c(c1OCC(=O)N1CCCCC1)[C@]1(O)C(=O)c3cc4c(c(O)c3C(=O)[C@]1(C)[C@H](O)C2)C(=O)C=C(N[C@H]1O[C@@H](C)[C@H](OC)[C@@H](O)[C@H]1OC)C4=O. The summed E-state index contributed by atoms with van der Waals surface area (Å²) in [5, 5.41) is 50.0. The number of carbonyl (C=O) groups is 6. The fourth-order valence-electron chi connectivity index (χ4n) is 9.24. The fraction of sp³-hybridized carbons (Fsp3) is 0.512. The highest BCUT2D eigenvalue weighted by molar-refractivity contribution is 6.30. The maximum Gasteiger partial charge on any atom is 0.341 e. The first-order valence-corrected chi connectivity index (χ1v) is 19.0. The number of piperidine rings is 1. The van der Waals surface area contributed by atoms with Crippen molar-refractivity contribution in [2.45, 2.75) is 88.8 Å². The highest BCUT2D eigenvalue weighted by Gasteiger charge is 2.69. The van der Waals surface area contributed by atoms with E-state index in [1.807, 2.05) is 0 Å². The molecule has 2 aliphatic heterocycles. The van der Waals surface area contributed by atoms with Gasteiger partial charge in [-0.25, -0.2) is 4.79 Å². The maximum atomic E-state index is 15.1. The van der Waals surface area contributed by atoms with Gasteiger partial charge in [-0.15, -0.1) is 0 Å². The first-order chi connectivity index (χ1) is 27.5. The molecule has 0 aromatic heterocycles. The number of nitrogens with one attached hydrogen (secondary N) is 1. The number of carbonyl (C=O) groups excluding carboxylic acids is 6. The zero-order valence-corrected chi connectivity index (χ0v) is 32.9. The lowest BCUT2D eigenvalue weighted by Gasteiger charge is -2.52. The number of aliphatic hydroxyl groups excluding tert-OH is 2. The van der Waals surface area contributed by atoms with Crippen molar-refractivity contribution in [2.24, 2.45) is 5.41 Å². The number of Topliss-reactive ketones (excluding diaryl/α,β-unsaturated/α-hetero) is 3. The number of hydrogen-bond acceptors (Lipinski definition) is 16. The van der Waals surface area contributed by atoms with Crippen LogP contribution in [0.25, 0.3) is 0 Å². The van der Waals surface area contributed by atoms with Gasteiger partial charge >= 0.3 is 5.97 Å². The molecule has 2 aromatic rings. The van der Waals surface area contributed by atoms with Crippen LogP contribution >= 0.6 is 0 Å². The molecule has 7 rings (SSSR count). The molecule has 0 spiro atoms. The molecule has 2 fully saturated rings. The van der Waals surface area contributed by atoms with Gasteiger partial charge in [0.1, 0.15) is 35.4 Å². The highest BCUT2D eigenvalue weighted by Crippen LogP contribution is 2.59. The molecule has 58 heavy (non-hydrogen) atoms. The molecule has 2 aromatic carbocycles. The number of aryl methyl sites for hydroxylation is 1. The lowest BCUT2D eigenvalue weighted by molar-refractivity contribution is -0.236. The fourth-order valence-corrected chi connectivity index (χ4v) is 9.24. The summed E-state index contributed by atoms with van der Waals surface area (Å²) in [6.45, 7) is 4.63. The van der Waals surface area contributed by atoms with Crippen LogP contribution in [0.3, 0.4) is 0 Å². The molecule has 0 unspecified atom stereocenters. The Morgan fingerprint density at radius 3 is 2.28 bits per heavy atom. The Bertz CT molecular complexity index is 2180. The molecule has 8 atom stereocenters. The minimum absolute atomic E-state index is 0.123. The Labute approximate surface area is 332 Å². The lowest BCUT2D eigenvalue weighted by atomic mass is 9.51. The van der Waals surface area contributed by atoms with Crippen molar-refractivity contribution in [2.75, 3.05) is 41.0 Å². The van der Waals surface area contributed by atoms with Crippen LogP contribution < -0.4 is 10.1 Å². The third-order valence-electron chi connectivity index (χ3n) is 12.4. The Balaban J connectivity index is 1.35. The first kappa shape index (κ1) is 41.1. The van der Waals surface area contributed by atoms with Gasteiger partial charge in [0.05, 0.1) is 41.6 Å². The minimum atomic E-state index is -3.03. The number of amides is 1. The minimum Gasteiger partial charge on any atom is -0.506 e. The van der Waals surface area contributed by atoms with Crippen LogP contribution in [0.1, 0.15) is 102 Å². The zero-order chi connectivity index (χ0) is 42.2. The van der Waals surface area contributed by atoms with Gasteiger partial charge in [0, 0.05) is 56.5 Å². The predicted molar refractivity (Wildman–Crippen MR) is 199 cm³/mol. The van der Waals surface area contributed by atoms with Crippen LogP contribution in [-0.2, 0) is 35.8 Å². The van der Waals surface area contributed by atoms with E-state index in [1.54, 1.807) is 11.8 Å². The van der Waals surface area contributed by atoms with Crippen molar-refractivity contribution in [1.82, 2.24) is 10.2 Å². The number of benzene rings is 2. The van der Waals surface area contributed by atoms with Crippen LogP contribution in [0, 0.1) is 12.3 Å². The molecule has 1 amide bonds. The molecule has 2 heterocycles. The topological polar surface area (TPSA) is 245 Å². The number of ketones is 4. The summed E-state index contributed by atoms with van der Waals surface area (Å²) in [7, 11) is 3.79. The Morgan fingerprint density at radius 1 is 0.966 bits per heavy atom. The smallest absolute Gasteiger partial charge is 0.341 e. The van der Waals surface area contributed by atoms with Crippen molar-refractivity contribution in [3.8, 4) is 11.5 Å². The average Bonchev–Trinajstić information content (AvgIpc) is 3.19. The summed E-state index contributed by atoms with van der Waals surface area (Å²) >= 11 is 0. The van der Waals surface area contributed by atoms with E-state index in [0.717, 1.165) is 45.4 Å².